The molecule has 29 heavy (non-hydrogen) atoms. The van der Waals surface area contributed by atoms with Crippen LogP contribution in [-0.2, 0) is 11.8 Å². The second-order valence-corrected chi connectivity index (χ2v) is 10.4. The van der Waals surface area contributed by atoms with Crippen LogP contribution in [0.3, 0.4) is 0 Å². The zero-order valence-electron chi connectivity index (χ0n) is 17.6. The summed E-state index contributed by atoms with van der Waals surface area (Å²) in [5.41, 5.74) is 4.93. The first kappa shape index (κ1) is 19.4. The maximum atomic E-state index is 14.2. The third-order valence-corrected chi connectivity index (χ3v) is 8.27. The maximum absolute atomic E-state index is 14.2. The third-order valence-electron chi connectivity index (χ3n) is 7.44. The maximum Gasteiger partial charge on any atom is 0.258 e. The Hall–Kier alpha value is -1.55. The molecule has 154 valence electrons. The topological polar surface area (TPSA) is 34.9 Å². The number of fused-ring (bicyclic) bond motifs is 4. The Morgan fingerprint density at radius 1 is 1.07 bits per heavy atom. The molecule has 0 unspecified atom stereocenters. The molecule has 2 fully saturated rings. The van der Waals surface area contributed by atoms with E-state index in [1.54, 1.807) is 11.8 Å². The van der Waals surface area contributed by atoms with Gasteiger partial charge in [-0.3, -0.25) is 9.36 Å². The average Bonchev–Trinajstić information content (AvgIpc) is 2.75. The van der Waals surface area contributed by atoms with E-state index in [2.05, 4.69) is 35.8 Å². The van der Waals surface area contributed by atoms with Crippen molar-refractivity contribution in [2.75, 3.05) is 5.75 Å². The molecule has 5 rings (SSSR count). The minimum Gasteiger partial charge on any atom is -0.284 e. The van der Waals surface area contributed by atoms with E-state index in [1.165, 1.54) is 49.7 Å². The summed E-state index contributed by atoms with van der Waals surface area (Å²) in [5.74, 6) is 0.949. The smallest absolute Gasteiger partial charge is 0.258 e. The molecule has 0 N–H and O–H groups in total. The molecule has 3 nitrogen and oxygen atoms in total. The predicted octanol–water partition coefficient (Wildman–Crippen LogP) is 6.29. The van der Waals surface area contributed by atoms with E-state index in [0.29, 0.717) is 6.04 Å². The van der Waals surface area contributed by atoms with Crippen molar-refractivity contribution in [1.82, 2.24) is 9.55 Å². The molecule has 0 bridgehead atoms. The Labute approximate surface area is 178 Å². The highest BCUT2D eigenvalue weighted by molar-refractivity contribution is 7.99. The van der Waals surface area contributed by atoms with Gasteiger partial charge in [0.1, 0.15) is 0 Å². The zero-order chi connectivity index (χ0) is 19.8. The van der Waals surface area contributed by atoms with Crippen molar-refractivity contribution < 1.29 is 0 Å². The van der Waals surface area contributed by atoms with Gasteiger partial charge in [-0.2, -0.15) is 0 Å². The number of rotatable bonds is 3. The molecular formula is C25H32N2OS. The summed E-state index contributed by atoms with van der Waals surface area (Å²) < 4.78 is 2.14. The van der Waals surface area contributed by atoms with E-state index >= 15 is 0 Å². The molecule has 4 heteroatoms. The van der Waals surface area contributed by atoms with Gasteiger partial charge in [0.2, 0.25) is 0 Å². The summed E-state index contributed by atoms with van der Waals surface area (Å²) in [7, 11) is 0. The molecule has 1 spiro atoms. The van der Waals surface area contributed by atoms with Crippen molar-refractivity contribution in [2.45, 2.75) is 94.2 Å². The van der Waals surface area contributed by atoms with Gasteiger partial charge in [-0.25, -0.2) is 4.98 Å². The third kappa shape index (κ3) is 3.28. The molecule has 1 aromatic carbocycles. The fourth-order valence-corrected chi connectivity index (χ4v) is 6.88. The first-order valence-electron chi connectivity index (χ1n) is 11.6. The minimum atomic E-state index is -0.00213. The molecular weight excluding hydrogens is 376 g/mol. The van der Waals surface area contributed by atoms with Crippen molar-refractivity contribution in [2.24, 2.45) is 0 Å². The van der Waals surface area contributed by atoms with Crippen LogP contribution in [-0.4, -0.2) is 15.3 Å². The molecule has 3 aliphatic rings. The predicted molar refractivity (Wildman–Crippen MR) is 121 cm³/mol. The fraction of sp³-hybridized carbons (Fsp3) is 0.600. The Bertz CT molecular complexity index is 952. The van der Waals surface area contributed by atoms with Crippen molar-refractivity contribution in [3.8, 4) is 11.3 Å². The van der Waals surface area contributed by atoms with Crippen LogP contribution in [0.25, 0.3) is 11.3 Å². The molecule has 0 atom stereocenters. The van der Waals surface area contributed by atoms with Crippen molar-refractivity contribution in [3.05, 3.63) is 45.7 Å². The van der Waals surface area contributed by atoms with Crippen molar-refractivity contribution in [3.63, 3.8) is 0 Å². The van der Waals surface area contributed by atoms with Gasteiger partial charge in [0.05, 0.1) is 11.3 Å². The second kappa shape index (κ2) is 7.94. The van der Waals surface area contributed by atoms with Crippen LogP contribution in [0.15, 0.2) is 34.2 Å². The summed E-state index contributed by atoms with van der Waals surface area (Å²) in [6.45, 7) is 2.16. The van der Waals surface area contributed by atoms with Crippen LogP contribution in [0.5, 0.6) is 0 Å². The highest BCUT2D eigenvalue weighted by Gasteiger charge is 2.43. The van der Waals surface area contributed by atoms with Crippen LogP contribution in [0.2, 0.25) is 0 Å². The molecule has 3 aliphatic carbocycles. The Kier molecular flexibility index (Phi) is 5.32. The summed E-state index contributed by atoms with van der Waals surface area (Å²) in [6.07, 6.45) is 13.1. The number of benzene rings is 1. The Balaban J connectivity index is 1.77. The van der Waals surface area contributed by atoms with Gasteiger partial charge in [0, 0.05) is 17.0 Å². The van der Waals surface area contributed by atoms with Crippen LogP contribution in [0, 0.1) is 0 Å². The summed E-state index contributed by atoms with van der Waals surface area (Å²) >= 11 is 1.74. The Morgan fingerprint density at radius 3 is 2.55 bits per heavy atom. The SMILES string of the molecule is CCSc1nc2c(c(=O)n1C1CCCCC1)C1(CCCCC1)Cc1ccccc1-2. The number of nitrogens with zero attached hydrogens (tertiary/aromatic N) is 2. The van der Waals surface area contributed by atoms with Gasteiger partial charge in [0.15, 0.2) is 5.16 Å². The Morgan fingerprint density at radius 2 is 1.79 bits per heavy atom. The largest absolute Gasteiger partial charge is 0.284 e. The van der Waals surface area contributed by atoms with E-state index < -0.39 is 0 Å². The van der Waals surface area contributed by atoms with Crippen LogP contribution >= 0.6 is 11.8 Å². The highest BCUT2D eigenvalue weighted by atomic mass is 32.2. The van der Waals surface area contributed by atoms with E-state index in [9.17, 15) is 4.79 Å². The number of thioether (sulfide) groups is 1. The highest BCUT2D eigenvalue weighted by Crippen LogP contribution is 2.49. The average molecular weight is 409 g/mol. The van der Waals surface area contributed by atoms with Crippen LogP contribution < -0.4 is 5.56 Å². The lowest BCUT2D eigenvalue weighted by Gasteiger charge is -2.42. The second-order valence-electron chi connectivity index (χ2n) is 9.19. The van der Waals surface area contributed by atoms with E-state index in [4.69, 9.17) is 4.98 Å². The molecule has 0 aliphatic heterocycles. The molecule has 0 saturated heterocycles. The van der Waals surface area contributed by atoms with E-state index in [1.807, 2.05) is 0 Å². The van der Waals surface area contributed by atoms with Gasteiger partial charge in [-0.1, -0.05) is 81.5 Å². The molecule has 1 aromatic heterocycles. The summed E-state index contributed by atoms with van der Waals surface area (Å²) in [6, 6.07) is 9.02. The van der Waals surface area contributed by atoms with Crippen molar-refractivity contribution in [1.29, 1.82) is 0 Å². The fourth-order valence-electron chi connectivity index (χ4n) is 6.09. The lowest BCUT2D eigenvalue weighted by atomic mass is 9.62. The molecule has 1 heterocycles. The normalized spacial score (nSPS) is 21.0. The minimum absolute atomic E-state index is 0.00213. The van der Waals surface area contributed by atoms with Gasteiger partial charge in [-0.05, 0) is 43.4 Å². The van der Waals surface area contributed by atoms with Crippen LogP contribution in [0.4, 0.5) is 0 Å². The quantitative estimate of drug-likeness (QED) is 0.442. The van der Waals surface area contributed by atoms with Gasteiger partial charge < -0.3 is 0 Å². The number of hydrogen-bond donors (Lipinski definition) is 0. The first-order valence-corrected chi connectivity index (χ1v) is 12.6. The van der Waals surface area contributed by atoms with E-state index in [0.717, 1.165) is 54.3 Å². The van der Waals surface area contributed by atoms with E-state index in [-0.39, 0.29) is 11.0 Å². The number of hydrogen-bond acceptors (Lipinski definition) is 3. The molecule has 2 aromatic rings. The number of aromatic nitrogens is 2. The van der Waals surface area contributed by atoms with Crippen LogP contribution in [0.1, 0.15) is 88.3 Å². The molecule has 0 amide bonds. The van der Waals surface area contributed by atoms with Gasteiger partial charge in [-0.15, -0.1) is 0 Å². The lowest BCUT2D eigenvalue weighted by Crippen LogP contribution is -2.44. The molecule has 0 radical (unpaired) electrons. The van der Waals surface area contributed by atoms with Crippen molar-refractivity contribution >= 4 is 11.8 Å². The van der Waals surface area contributed by atoms with Gasteiger partial charge in [0.25, 0.3) is 5.56 Å². The monoisotopic (exact) mass is 408 g/mol. The van der Waals surface area contributed by atoms with Gasteiger partial charge >= 0.3 is 0 Å². The zero-order valence-corrected chi connectivity index (χ0v) is 18.4. The molecule has 2 saturated carbocycles. The standard InChI is InChI=1S/C25H32N2OS/c1-2-29-24-26-22-20-14-8-7-11-18(20)17-25(15-9-4-10-16-25)21(22)23(28)27(24)19-12-5-3-6-13-19/h7-8,11,14,19H,2-6,9-10,12-13,15-17H2,1H3. The first-order chi connectivity index (χ1) is 14.2. The summed E-state index contributed by atoms with van der Waals surface area (Å²) in [5, 5.41) is 0.950. The lowest BCUT2D eigenvalue weighted by molar-refractivity contribution is 0.273. The summed E-state index contributed by atoms with van der Waals surface area (Å²) in [4.78, 5) is 19.5.